The summed E-state index contributed by atoms with van der Waals surface area (Å²) in [5, 5.41) is 55.6. The summed E-state index contributed by atoms with van der Waals surface area (Å²) in [6.07, 6.45) is -1.71. The molecule has 0 spiro atoms. The maximum atomic E-state index is 13.6. The van der Waals surface area contributed by atoms with Crippen molar-refractivity contribution in [2.75, 3.05) is 14.1 Å². The van der Waals surface area contributed by atoms with E-state index in [0.29, 0.717) is 0 Å². The molecule has 3 aliphatic rings. The maximum absolute atomic E-state index is 13.6. The maximum Gasteiger partial charge on any atom is 0.255 e. The Morgan fingerprint density at radius 1 is 1.11 bits per heavy atom. The summed E-state index contributed by atoms with van der Waals surface area (Å²) in [7, 11) is 2.91. The van der Waals surface area contributed by atoms with Gasteiger partial charge in [-0.15, -0.1) is 0 Å². The number of Topliss-reactive ketones (excluding diaryl/α,β-unsaturated/α-hetero) is 3. The fraction of sp³-hybridized carbons (Fsp3) is 0.417. The molecule has 7 N–H and O–H groups in total. The first-order chi connectivity index (χ1) is 16.2. The topological polar surface area (TPSA) is 199 Å². The monoisotopic (exact) mass is 486 g/mol. The fourth-order valence-corrected chi connectivity index (χ4v) is 6.01. The number of rotatable bonds is 3. The first-order valence-electron chi connectivity index (χ1n) is 10.9. The summed E-state index contributed by atoms with van der Waals surface area (Å²) in [6.45, 7) is 2.85. The van der Waals surface area contributed by atoms with Crippen LogP contribution in [0.15, 0.2) is 34.8 Å². The van der Waals surface area contributed by atoms with E-state index in [4.69, 9.17) is 5.73 Å². The van der Waals surface area contributed by atoms with Crippen LogP contribution >= 0.6 is 0 Å². The van der Waals surface area contributed by atoms with Crippen LogP contribution < -0.4 is 5.73 Å². The molecule has 0 bridgehead atoms. The summed E-state index contributed by atoms with van der Waals surface area (Å²) in [4.78, 5) is 52.5. The van der Waals surface area contributed by atoms with Gasteiger partial charge in [0, 0.05) is 17.1 Å². The lowest BCUT2D eigenvalue weighted by Crippen LogP contribution is -2.68. The van der Waals surface area contributed by atoms with Crippen molar-refractivity contribution in [2.45, 2.75) is 37.5 Å². The van der Waals surface area contributed by atoms with Gasteiger partial charge in [0.25, 0.3) is 5.91 Å². The molecule has 35 heavy (non-hydrogen) atoms. The van der Waals surface area contributed by atoms with Gasteiger partial charge in [-0.05, 0) is 44.6 Å². The van der Waals surface area contributed by atoms with Crippen LogP contribution in [-0.2, 0) is 9.59 Å². The van der Waals surface area contributed by atoms with Crippen LogP contribution in [0.5, 0.6) is 5.75 Å². The Morgan fingerprint density at radius 3 is 2.23 bits per heavy atom. The van der Waals surface area contributed by atoms with Crippen molar-refractivity contribution in [3.8, 4) is 5.75 Å². The lowest BCUT2D eigenvalue weighted by molar-refractivity contribution is -0.162. The molecule has 11 heteroatoms. The van der Waals surface area contributed by atoms with E-state index in [0.717, 1.165) is 6.07 Å². The van der Waals surface area contributed by atoms with Crippen molar-refractivity contribution < 1.29 is 44.7 Å². The molecule has 0 unspecified atom stereocenters. The summed E-state index contributed by atoms with van der Waals surface area (Å²) in [5.74, 6) is -10.3. The highest BCUT2D eigenvalue weighted by atomic mass is 16.4. The summed E-state index contributed by atoms with van der Waals surface area (Å²) in [5.41, 5.74) is 0.823. The zero-order valence-electron chi connectivity index (χ0n) is 19.4. The van der Waals surface area contributed by atoms with Crippen molar-refractivity contribution in [3.63, 3.8) is 0 Å². The molecule has 0 heterocycles. The zero-order valence-corrected chi connectivity index (χ0v) is 19.4. The number of phenols is 1. The molecule has 186 valence electrons. The molecule has 0 saturated heterocycles. The minimum atomic E-state index is -2.97. The number of carbonyl (C=O) groups excluding carboxylic acids is 4. The number of aliphatic hydroxyl groups excluding tert-OH is 3. The second-order valence-electron chi connectivity index (χ2n) is 9.53. The highest BCUT2D eigenvalue weighted by molar-refractivity contribution is 6.25. The quantitative estimate of drug-likeness (QED) is 0.247. The predicted molar refractivity (Wildman–Crippen MR) is 120 cm³/mol. The Kier molecular flexibility index (Phi) is 5.43. The van der Waals surface area contributed by atoms with E-state index in [-0.39, 0.29) is 16.7 Å². The van der Waals surface area contributed by atoms with E-state index < -0.39 is 87.2 Å². The van der Waals surface area contributed by atoms with Gasteiger partial charge in [0.15, 0.2) is 17.2 Å². The van der Waals surface area contributed by atoms with E-state index in [2.05, 4.69) is 0 Å². The number of hydrogen-bond donors (Lipinski definition) is 6. The molecule has 11 nitrogen and oxygen atoms in total. The van der Waals surface area contributed by atoms with Crippen LogP contribution in [0.2, 0.25) is 0 Å². The molecule has 3 aliphatic carbocycles. The molecule has 0 radical (unpaired) electrons. The Morgan fingerprint density at radius 2 is 1.71 bits per heavy atom. The van der Waals surface area contributed by atoms with Crippen molar-refractivity contribution in [1.29, 1.82) is 0 Å². The van der Waals surface area contributed by atoms with Gasteiger partial charge in [0.05, 0.1) is 23.6 Å². The number of aromatic hydroxyl groups is 1. The van der Waals surface area contributed by atoms with E-state index in [1.807, 2.05) is 0 Å². The number of likely N-dealkylation sites (N-methyl/N-ethyl adjacent to an activating group) is 1. The van der Waals surface area contributed by atoms with E-state index in [1.165, 1.54) is 32.0 Å². The van der Waals surface area contributed by atoms with E-state index in [9.17, 15) is 44.7 Å². The molecule has 1 aromatic carbocycles. The Bertz CT molecular complexity index is 1280. The number of benzene rings is 1. The zero-order chi connectivity index (χ0) is 26.3. The van der Waals surface area contributed by atoms with Gasteiger partial charge in [0.2, 0.25) is 5.78 Å². The second kappa shape index (κ2) is 7.74. The fourth-order valence-electron chi connectivity index (χ4n) is 6.01. The first-order valence-corrected chi connectivity index (χ1v) is 10.9. The van der Waals surface area contributed by atoms with Crippen molar-refractivity contribution in [3.05, 3.63) is 51.5 Å². The van der Waals surface area contributed by atoms with Crippen LogP contribution in [0.25, 0.3) is 0 Å². The first kappa shape index (κ1) is 24.6. The number of fused-ring (bicyclic) bond motifs is 3. The number of amides is 1. The molecule has 1 amide bonds. The number of phenolic OH excluding ortho intramolecular Hbond substituents is 1. The third-order valence-corrected chi connectivity index (χ3v) is 7.49. The normalized spacial score (nSPS) is 32.4. The molecule has 0 saturated carbocycles. The van der Waals surface area contributed by atoms with Gasteiger partial charge in [-0.3, -0.25) is 24.1 Å². The number of carbonyl (C=O) groups is 4. The lowest BCUT2D eigenvalue weighted by Gasteiger charge is -2.53. The van der Waals surface area contributed by atoms with Crippen LogP contribution in [0, 0.1) is 11.8 Å². The lowest BCUT2D eigenvalue weighted by atomic mass is 9.55. The smallest absolute Gasteiger partial charge is 0.255 e. The number of hydrogen-bond acceptors (Lipinski definition) is 10. The number of nitrogens with zero attached hydrogens (tertiary/aromatic N) is 1. The van der Waals surface area contributed by atoms with Gasteiger partial charge in [-0.25, -0.2) is 0 Å². The molecule has 1 aromatic rings. The largest absolute Gasteiger partial charge is 0.510 e. The average Bonchev–Trinajstić information content (AvgIpc) is 2.75. The SMILES string of the molecule is CC(=O)c1ccc(O)c2c1[C@@H](C)[C@H]1C(=C(O)[C@@]3(O)C(=O)C(C(N)=O)=C(O)[C@H](N(C)C)[C@H]3[C@@H]1O)C2=O. The molecule has 4 rings (SSSR count). The summed E-state index contributed by atoms with van der Waals surface area (Å²) in [6, 6.07) is 1.15. The molecular weight excluding hydrogens is 460 g/mol. The number of primary amides is 1. The number of nitrogens with two attached hydrogens (primary N) is 1. The van der Waals surface area contributed by atoms with Gasteiger partial charge >= 0.3 is 0 Å². The highest BCUT2D eigenvalue weighted by Gasteiger charge is 2.67. The third kappa shape index (κ3) is 2.95. The molecule has 6 atom stereocenters. The molecular formula is C24H26N2O9. The third-order valence-electron chi connectivity index (χ3n) is 7.49. The number of aliphatic hydroxyl groups is 4. The Labute approximate surface area is 199 Å². The Balaban J connectivity index is 2.09. The summed E-state index contributed by atoms with van der Waals surface area (Å²) < 4.78 is 0. The van der Waals surface area contributed by atoms with E-state index in [1.54, 1.807) is 6.92 Å². The van der Waals surface area contributed by atoms with Crippen molar-refractivity contribution in [1.82, 2.24) is 4.90 Å². The van der Waals surface area contributed by atoms with Crippen LogP contribution in [0.4, 0.5) is 0 Å². The van der Waals surface area contributed by atoms with E-state index >= 15 is 0 Å². The van der Waals surface area contributed by atoms with Gasteiger partial charge in [-0.1, -0.05) is 6.92 Å². The van der Waals surface area contributed by atoms with Crippen molar-refractivity contribution in [2.24, 2.45) is 17.6 Å². The standard InChI is InChI=1S/C24H26N2O9/c1-7-11-9(8(2)27)5-6-10(28)13(11)18(29)14-12(7)19(30)16-17(26(3)4)20(31)15(23(25)34)22(33)24(16,35)21(14)32/h5-7,12,16-17,19,28,30-32,35H,1-4H3,(H2,25,34)/t7-,12+,16+,17-,19-,24-/m1/s1. The molecule has 0 aromatic heterocycles. The molecule has 0 aliphatic heterocycles. The van der Waals surface area contributed by atoms with Gasteiger partial charge in [0.1, 0.15) is 22.8 Å². The van der Waals surface area contributed by atoms with Crippen molar-refractivity contribution >= 4 is 23.3 Å². The van der Waals surface area contributed by atoms with Gasteiger partial charge < -0.3 is 31.3 Å². The van der Waals surface area contributed by atoms with Gasteiger partial charge in [-0.2, -0.15) is 0 Å². The predicted octanol–water partition coefficient (Wildman–Crippen LogP) is -0.145. The minimum Gasteiger partial charge on any atom is -0.510 e. The van der Waals surface area contributed by atoms with Crippen LogP contribution in [0.3, 0.4) is 0 Å². The highest BCUT2D eigenvalue weighted by Crippen LogP contribution is 2.55. The molecule has 0 fully saturated rings. The summed E-state index contributed by atoms with van der Waals surface area (Å²) >= 11 is 0. The minimum absolute atomic E-state index is 0.132. The van der Waals surface area contributed by atoms with Crippen LogP contribution in [-0.4, -0.2) is 85.5 Å². The average molecular weight is 486 g/mol. The Hall–Kier alpha value is -3.54. The second-order valence-corrected chi connectivity index (χ2v) is 9.53. The number of ketones is 3. The van der Waals surface area contributed by atoms with Crippen LogP contribution in [0.1, 0.15) is 46.0 Å².